The van der Waals surface area contributed by atoms with Crippen molar-refractivity contribution in [2.24, 2.45) is 11.1 Å². The minimum absolute atomic E-state index is 0. The Morgan fingerprint density at radius 2 is 1.90 bits per heavy atom. The highest BCUT2D eigenvalue weighted by Gasteiger charge is 2.37. The van der Waals surface area contributed by atoms with E-state index in [0.717, 1.165) is 25.7 Å². The molecule has 7 heteroatoms. The fourth-order valence-corrected chi connectivity index (χ4v) is 5.26. The number of rotatable bonds is 4. The lowest BCUT2D eigenvalue weighted by molar-refractivity contribution is -0.134. The lowest BCUT2D eigenvalue weighted by atomic mass is 9.71. The maximum Gasteiger partial charge on any atom is 0.223 e. The number of halogens is 1. The van der Waals surface area contributed by atoms with Gasteiger partial charge in [-0.25, -0.2) is 8.42 Å². The molecule has 1 heterocycles. The summed E-state index contributed by atoms with van der Waals surface area (Å²) in [6, 6.07) is -0.147. The third-order valence-corrected chi connectivity index (χ3v) is 6.77. The summed E-state index contributed by atoms with van der Waals surface area (Å²) in [4.78, 5) is 14.1. The summed E-state index contributed by atoms with van der Waals surface area (Å²) in [6.45, 7) is 0.551. The van der Waals surface area contributed by atoms with E-state index in [1.165, 1.54) is 6.42 Å². The molecule has 1 amide bonds. The van der Waals surface area contributed by atoms with E-state index >= 15 is 0 Å². The minimum atomic E-state index is -2.95. The van der Waals surface area contributed by atoms with Crippen molar-refractivity contribution >= 4 is 28.2 Å². The molecule has 1 saturated heterocycles. The van der Waals surface area contributed by atoms with Gasteiger partial charge in [0.25, 0.3) is 0 Å². The molecule has 2 aliphatic rings. The summed E-state index contributed by atoms with van der Waals surface area (Å²) in [7, 11) is -1.21. The zero-order chi connectivity index (χ0) is 14.8. The predicted molar refractivity (Wildman–Crippen MR) is 86.3 cm³/mol. The summed E-state index contributed by atoms with van der Waals surface area (Å²) in [5, 5.41) is 0. The monoisotopic (exact) mass is 338 g/mol. The van der Waals surface area contributed by atoms with E-state index in [1.54, 1.807) is 11.9 Å². The summed E-state index contributed by atoms with van der Waals surface area (Å²) in [6.07, 6.45) is 6.60. The summed E-state index contributed by atoms with van der Waals surface area (Å²) >= 11 is 0. The second-order valence-electron chi connectivity index (χ2n) is 6.50. The highest BCUT2D eigenvalue weighted by Crippen LogP contribution is 2.39. The molecular formula is C14H27ClN2O3S. The fraction of sp³-hybridized carbons (Fsp3) is 0.929. The molecule has 0 aromatic rings. The zero-order valence-corrected chi connectivity index (χ0v) is 14.3. The van der Waals surface area contributed by atoms with Crippen molar-refractivity contribution in [3.8, 4) is 0 Å². The van der Waals surface area contributed by atoms with Gasteiger partial charge in [0.2, 0.25) is 5.91 Å². The number of nitrogens with two attached hydrogens (primary N) is 1. The van der Waals surface area contributed by atoms with Crippen LogP contribution in [0.2, 0.25) is 0 Å². The first kappa shape index (κ1) is 18.7. The zero-order valence-electron chi connectivity index (χ0n) is 12.7. The predicted octanol–water partition coefficient (Wildman–Crippen LogP) is 1.35. The van der Waals surface area contributed by atoms with Gasteiger partial charge in [0.1, 0.15) is 0 Å². The van der Waals surface area contributed by atoms with Crippen molar-refractivity contribution in [2.45, 2.75) is 51.0 Å². The van der Waals surface area contributed by atoms with Crippen molar-refractivity contribution in [1.82, 2.24) is 4.90 Å². The van der Waals surface area contributed by atoms with Crippen LogP contribution in [0, 0.1) is 5.41 Å². The smallest absolute Gasteiger partial charge is 0.223 e. The molecule has 21 heavy (non-hydrogen) atoms. The molecule has 5 nitrogen and oxygen atoms in total. The molecule has 0 aromatic heterocycles. The van der Waals surface area contributed by atoms with Crippen LogP contribution in [0.15, 0.2) is 0 Å². The molecular weight excluding hydrogens is 312 g/mol. The molecule has 124 valence electrons. The van der Waals surface area contributed by atoms with Gasteiger partial charge in [0.15, 0.2) is 9.84 Å². The fourth-order valence-electron chi connectivity index (χ4n) is 3.48. The number of amides is 1. The van der Waals surface area contributed by atoms with Crippen LogP contribution in [0.1, 0.15) is 44.9 Å². The quantitative estimate of drug-likeness (QED) is 0.839. The molecule has 2 rings (SSSR count). The molecule has 1 saturated carbocycles. The highest BCUT2D eigenvalue weighted by atomic mass is 35.5. The average molecular weight is 339 g/mol. The second-order valence-corrected chi connectivity index (χ2v) is 8.73. The van der Waals surface area contributed by atoms with Gasteiger partial charge >= 0.3 is 0 Å². The van der Waals surface area contributed by atoms with Gasteiger partial charge in [-0.3, -0.25) is 4.79 Å². The van der Waals surface area contributed by atoms with E-state index in [9.17, 15) is 13.2 Å². The number of carbonyl (C=O) groups is 1. The maximum absolute atomic E-state index is 12.4. The van der Waals surface area contributed by atoms with Gasteiger partial charge in [0, 0.05) is 19.5 Å². The van der Waals surface area contributed by atoms with E-state index in [4.69, 9.17) is 5.73 Å². The van der Waals surface area contributed by atoms with Crippen LogP contribution in [-0.4, -0.2) is 50.4 Å². The second kappa shape index (κ2) is 7.29. The Balaban J connectivity index is 0.00000220. The van der Waals surface area contributed by atoms with Crippen LogP contribution in [0.3, 0.4) is 0 Å². The standard InChI is InChI=1S/C14H26N2O3S.ClH/c1-16(12-5-8-20(18,19)10-12)13(17)9-14(11-15)6-3-2-4-7-14;/h12H,2-11,15H2,1H3;1H. The first-order valence-electron chi connectivity index (χ1n) is 7.54. The Bertz CT molecular complexity index is 461. The van der Waals surface area contributed by atoms with Crippen molar-refractivity contribution in [3.63, 3.8) is 0 Å². The summed E-state index contributed by atoms with van der Waals surface area (Å²) in [5.74, 6) is 0.377. The number of carbonyl (C=O) groups excluding carboxylic acids is 1. The number of sulfone groups is 1. The number of hydrogen-bond acceptors (Lipinski definition) is 4. The molecule has 0 radical (unpaired) electrons. The molecule has 1 unspecified atom stereocenters. The van der Waals surface area contributed by atoms with Crippen LogP contribution >= 0.6 is 12.4 Å². The Kier molecular flexibility index (Phi) is 6.50. The van der Waals surface area contributed by atoms with Crippen molar-refractivity contribution in [3.05, 3.63) is 0 Å². The third-order valence-electron chi connectivity index (χ3n) is 5.02. The van der Waals surface area contributed by atoms with E-state index in [-0.39, 0.29) is 41.3 Å². The lowest BCUT2D eigenvalue weighted by Crippen LogP contribution is -2.43. The van der Waals surface area contributed by atoms with E-state index in [1.807, 2.05) is 0 Å². The van der Waals surface area contributed by atoms with Gasteiger partial charge in [-0.2, -0.15) is 0 Å². The van der Waals surface area contributed by atoms with Crippen LogP contribution < -0.4 is 5.73 Å². The summed E-state index contributed by atoms with van der Waals surface area (Å²) in [5.41, 5.74) is 5.86. The molecule has 0 bridgehead atoms. The van der Waals surface area contributed by atoms with Crippen molar-refractivity contribution < 1.29 is 13.2 Å². The highest BCUT2D eigenvalue weighted by molar-refractivity contribution is 7.91. The van der Waals surface area contributed by atoms with Crippen molar-refractivity contribution in [1.29, 1.82) is 0 Å². The molecule has 1 aliphatic carbocycles. The van der Waals surface area contributed by atoms with Crippen LogP contribution in [0.25, 0.3) is 0 Å². The Hall–Kier alpha value is -0.330. The van der Waals surface area contributed by atoms with Crippen LogP contribution in [0.4, 0.5) is 0 Å². The largest absolute Gasteiger partial charge is 0.342 e. The Morgan fingerprint density at radius 1 is 1.29 bits per heavy atom. The normalized spacial score (nSPS) is 26.9. The topological polar surface area (TPSA) is 80.5 Å². The molecule has 0 spiro atoms. The molecule has 0 aromatic carbocycles. The minimum Gasteiger partial charge on any atom is -0.342 e. The van der Waals surface area contributed by atoms with E-state index in [2.05, 4.69) is 0 Å². The van der Waals surface area contributed by atoms with Crippen LogP contribution in [-0.2, 0) is 14.6 Å². The number of hydrogen-bond donors (Lipinski definition) is 1. The SMILES string of the molecule is CN(C(=O)CC1(CN)CCCCC1)C1CCS(=O)(=O)C1.Cl. The van der Waals surface area contributed by atoms with Gasteiger partial charge in [-0.15, -0.1) is 12.4 Å². The van der Waals surface area contributed by atoms with Gasteiger partial charge in [0.05, 0.1) is 11.5 Å². The Morgan fingerprint density at radius 3 is 2.38 bits per heavy atom. The Labute approximate surface area is 134 Å². The van der Waals surface area contributed by atoms with Crippen LogP contribution in [0.5, 0.6) is 0 Å². The van der Waals surface area contributed by atoms with Crippen molar-refractivity contribution in [2.75, 3.05) is 25.1 Å². The molecule has 1 aliphatic heterocycles. The van der Waals surface area contributed by atoms with Gasteiger partial charge in [-0.1, -0.05) is 19.3 Å². The van der Waals surface area contributed by atoms with E-state index in [0.29, 0.717) is 19.4 Å². The van der Waals surface area contributed by atoms with Gasteiger partial charge < -0.3 is 10.6 Å². The molecule has 1 atom stereocenters. The first-order chi connectivity index (χ1) is 9.37. The van der Waals surface area contributed by atoms with E-state index < -0.39 is 9.84 Å². The summed E-state index contributed by atoms with van der Waals surface area (Å²) < 4.78 is 23.0. The third kappa shape index (κ3) is 4.57. The number of nitrogens with zero attached hydrogens (tertiary/aromatic N) is 1. The first-order valence-corrected chi connectivity index (χ1v) is 9.36. The average Bonchev–Trinajstić information content (AvgIpc) is 2.79. The maximum atomic E-state index is 12.4. The molecule has 2 fully saturated rings. The molecule has 2 N–H and O–H groups in total. The van der Waals surface area contributed by atoms with Gasteiger partial charge in [-0.05, 0) is 31.2 Å². The lowest BCUT2D eigenvalue weighted by Gasteiger charge is -2.37.